The zero-order chi connectivity index (χ0) is 19.6. The summed E-state index contributed by atoms with van der Waals surface area (Å²) in [6.07, 6.45) is 0. The van der Waals surface area contributed by atoms with Crippen LogP contribution < -0.4 is 5.32 Å². The average Bonchev–Trinajstić information content (AvgIpc) is 2.75. The molecule has 0 aromatic heterocycles. The Morgan fingerprint density at radius 2 is 1.46 bits per heavy atom. The van der Waals surface area contributed by atoms with Crippen LogP contribution in [-0.2, 0) is 10.5 Å². The molecule has 0 aliphatic heterocycles. The summed E-state index contributed by atoms with van der Waals surface area (Å²) in [5.41, 5.74) is 3.73. The van der Waals surface area contributed by atoms with Gasteiger partial charge in [0.05, 0.1) is 17.6 Å². The molecule has 3 aromatic rings. The van der Waals surface area contributed by atoms with Crippen LogP contribution in [-0.4, -0.2) is 18.2 Å². The Labute approximate surface area is 170 Å². The monoisotopic (exact) mass is 386 g/mol. The number of rotatable bonds is 8. The maximum absolute atomic E-state index is 12.9. The number of nitrogens with one attached hydrogen (secondary N) is 1. The van der Waals surface area contributed by atoms with E-state index in [1.54, 1.807) is 11.8 Å². The van der Waals surface area contributed by atoms with Crippen molar-refractivity contribution in [2.24, 2.45) is 0 Å². The van der Waals surface area contributed by atoms with E-state index in [1.165, 1.54) is 0 Å². The molecular weight excluding hydrogens is 364 g/mol. The fourth-order valence-corrected chi connectivity index (χ4v) is 3.93. The van der Waals surface area contributed by atoms with E-state index >= 15 is 0 Å². The molecule has 0 saturated heterocycles. The number of nitrogens with zero attached hydrogens (tertiary/aromatic N) is 1. The topological polar surface area (TPSA) is 52.9 Å². The van der Waals surface area contributed by atoms with Crippen LogP contribution in [0.15, 0.2) is 84.9 Å². The molecule has 1 N–H and O–H groups in total. The summed E-state index contributed by atoms with van der Waals surface area (Å²) in [5, 5.41) is 12.2. The summed E-state index contributed by atoms with van der Waals surface area (Å²) in [4.78, 5) is 12.9. The van der Waals surface area contributed by atoms with Gasteiger partial charge in [-0.15, -0.1) is 0 Å². The van der Waals surface area contributed by atoms with Gasteiger partial charge >= 0.3 is 0 Å². The highest BCUT2D eigenvalue weighted by atomic mass is 32.2. The first-order valence-electron chi connectivity index (χ1n) is 9.23. The Kier molecular flexibility index (Phi) is 7.29. The predicted molar refractivity (Wildman–Crippen MR) is 115 cm³/mol. The van der Waals surface area contributed by atoms with Crippen LogP contribution in [0.2, 0.25) is 0 Å². The standard InChI is InChI=1S/C24H22N2OS/c25-17-21-13-7-8-14-22(21)18-28-16-15-26-24(27)23(19-9-3-1-4-10-19)20-11-5-2-6-12-20/h1-14,23H,15-16,18H2,(H,26,27). The summed E-state index contributed by atoms with van der Waals surface area (Å²) >= 11 is 1.72. The minimum atomic E-state index is -0.313. The van der Waals surface area contributed by atoms with Crippen molar-refractivity contribution in [1.82, 2.24) is 5.32 Å². The van der Waals surface area contributed by atoms with Gasteiger partial charge in [0.1, 0.15) is 0 Å². The third-order valence-electron chi connectivity index (χ3n) is 4.47. The third-order valence-corrected chi connectivity index (χ3v) is 5.48. The average molecular weight is 387 g/mol. The number of hydrogen-bond acceptors (Lipinski definition) is 3. The Bertz CT molecular complexity index is 896. The minimum absolute atomic E-state index is 0.00965. The predicted octanol–water partition coefficient (Wildman–Crippen LogP) is 4.74. The molecule has 28 heavy (non-hydrogen) atoms. The summed E-state index contributed by atoms with van der Waals surface area (Å²) in [6.45, 7) is 0.592. The van der Waals surface area contributed by atoms with E-state index in [4.69, 9.17) is 5.26 Å². The fourth-order valence-electron chi connectivity index (χ4n) is 3.07. The molecule has 0 saturated carbocycles. The minimum Gasteiger partial charge on any atom is -0.354 e. The molecule has 4 heteroatoms. The van der Waals surface area contributed by atoms with Crippen LogP contribution in [0.4, 0.5) is 0 Å². The van der Waals surface area contributed by atoms with Crippen molar-refractivity contribution in [3.8, 4) is 6.07 Å². The number of thioether (sulfide) groups is 1. The second kappa shape index (κ2) is 10.3. The number of carbonyl (C=O) groups excluding carboxylic acids is 1. The first kappa shape index (κ1) is 19.7. The van der Waals surface area contributed by atoms with Gasteiger partial charge in [-0.1, -0.05) is 78.9 Å². The lowest BCUT2D eigenvalue weighted by Crippen LogP contribution is -2.31. The maximum Gasteiger partial charge on any atom is 0.232 e. The van der Waals surface area contributed by atoms with E-state index in [2.05, 4.69) is 11.4 Å². The van der Waals surface area contributed by atoms with Gasteiger partial charge < -0.3 is 5.32 Å². The molecule has 3 aromatic carbocycles. The van der Waals surface area contributed by atoms with Crippen molar-refractivity contribution >= 4 is 17.7 Å². The van der Waals surface area contributed by atoms with Gasteiger partial charge in [0.25, 0.3) is 0 Å². The first-order valence-corrected chi connectivity index (χ1v) is 10.4. The van der Waals surface area contributed by atoms with E-state index in [0.717, 1.165) is 28.2 Å². The molecule has 0 spiro atoms. The highest BCUT2D eigenvalue weighted by Crippen LogP contribution is 2.24. The highest BCUT2D eigenvalue weighted by Gasteiger charge is 2.21. The SMILES string of the molecule is N#Cc1ccccc1CSCCNC(=O)C(c1ccccc1)c1ccccc1. The number of amides is 1. The lowest BCUT2D eigenvalue weighted by Gasteiger charge is -2.18. The van der Waals surface area contributed by atoms with Crippen LogP contribution >= 0.6 is 11.8 Å². The molecule has 0 atom stereocenters. The molecule has 0 radical (unpaired) electrons. The third kappa shape index (κ3) is 5.25. The Morgan fingerprint density at radius 1 is 0.893 bits per heavy atom. The molecule has 140 valence electrons. The van der Waals surface area contributed by atoms with Crippen LogP contribution in [0.25, 0.3) is 0 Å². The van der Waals surface area contributed by atoms with Crippen molar-refractivity contribution in [1.29, 1.82) is 5.26 Å². The van der Waals surface area contributed by atoms with Gasteiger partial charge in [-0.2, -0.15) is 17.0 Å². The molecule has 0 aliphatic rings. The van der Waals surface area contributed by atoms with E-state index in [1.807, 2.05) is 84.9 Å². The van der Waals surface area contributed by atoms with Crippen molar-refractivity contribution < 1.29 is 4.79 Å². The molecule has 3 rings (SSSR count). The van der Waals surface area contributed by atoms with Crippen LogP contribution in [0.3, 0.4) is 0 Å². The van der Waals surface area contributed by atoms with Gasteiger partial charge in [0.2, 0.25) is 5.91 Å². The number of hydrogen-bond donors (Lipinski definition) is 1. The number of nitriles is 1. The Morgan fingerprint density at radius 3 is 2.07 bits per heavy atom. The van der Waals surface area contributed by atoms with E-state index in [9.17, 15) is 4.79 Å². The zero-order valence-corrected chi connectivity index (χ0v) is 16.4. The lowest BCUT2D eigenvalue weighted by atomic mass is 9.90. The normalized spacial score (nSPS) is 10.4. The first-order chi connectivity index (χ1) is 13.8. The molecule has 0 bridgehead atoms. The van der Waals surface area contributed by atoms with Crippen molar-refractivity contribution in [2.75, 3.05) is 12.3 Å². The van der Waals surface area contributed by atoms with Gasteiger partial charge in [0, 0.05) is 18.1 Å². The second-order valence-electron chi connectivity index (χ2n) is 6.37. The van der Waals surface area contributed by atoms with Gasteiger partial charge in [-0.25, -0.2) is 0 Å². The van der Waals surface area contributed by atoms with Crippen LogP contribution in [0, 0.1) is 11.3 Å². The molecule has 0 aliphatic carbocycles. The fraction of sp³-hybridized carbons (Fsp3) is 0.167. The highest BCUT2D eigenvalue weighted by molar-refractivity contribution is 7.98. The van der Waals surface area contributed by atoms with Crippen LogP contribution in [0.5, 0.6) is 0 Å². The second-order valence-corrected chi connectivity index (χ2v) is 7.47. The lowest BCUT2D eigenvalue weighted by molar-refractivity contribution is -0.121. The largest absolute Gasteiger partial charge is 0.354 e. The van der Waals surface area contributed by atoms with Gasteiger partial charge in [-0.05, 0) is 22.8 Å². The summed E-state index contributed by atoms with van der Waals surface area (Å²) < 4.78 is 0. The van der Waals surface area contributed by atoms with Gasteiger partial charge in [-0.3, -0.25) is 4.79 Å². The smallest absolute Gasteiger partial charge is 0.232 e. The Hall–Kier alpha value is -3.03. The van der Waals surface area contributed by atoms with E-state index in [-0.39, 0.29) is 11.8 Å². The van der Waals surface area contributed by atoms with Gasteiger partial charge in [0.15, 0.2) is 0 Å². The molecular formula is C24H22N2OS. The molecule has 0 fully saturated rings. The quantitative estimate of drug-likeness (QED) is 0.569. The summed E-state index contributed by atoms with van der Waals surface area (Å²) in [6, 6.07) is 29.6. The molecule has 0 heterocycles. The molecule has 3 nitrogen and oxygen atoms in total. The van der Waals surface area contributed by atoms with Crippen LogP contribution in [0.1, 0.15) is 28.2 Å². The summed E-state index contributed by atoms with van der Waals surface area (Å²) in [7, 11) is 0. The maximum atomic E-state index is 12.9. The molecule has 1 amide bonds. The van der Waals surface area contributed by atoms with E-state index in [0.29, 0.717) is 12.1 Å². The molecule has 0 unspecified atom stereocenters. The number of carbonyl (C=O) groups is 1. The van der Waals surface area contributed by atoms with Crippen molar-refractivity contribution in [3.63, 3.8) is 0 Å². The van der Waals surface area contributed by atoms with Crippen molar-refractivity contribution in [2.45, 2.75) is 11.7 Å². The van der Waals surface area contributed by atoms with Crippen molar-refractivity contribution in [3.05, 3.63) is 107 Å². The zero-order valence-electron chi connectivity index (χ0n) is 15.5. The van der Waals surface area contributed by atoms with E-state index < -0.39 is 0 Å². The number of benzene rings is 3. The Balaban J connectivity index is 1.57. The summed E-state index contributed by atoms with van der Waals surface area (Å²) in [5.74, 6) is 1.25.